The molecule has 1 aromatic rings. The van der Waals surface area contributed by atoms with Crippen LogP contribution >= 0.6 is 0 Å². The van der Waals surface area contributed by atoms with Crippen LogP contribution in [0.1, 0.15) is 137 Å². The third kappa shape index (κ3) is 8.94. The van der Waals surface area contributed by atoms with Crippen LogP contribution in [0.25, 0.3) is 0 Å². The molecule has 7 nitrogen and oxygen atoms in total. The van der Waals surface area contributed by atoms with Crippen LogP contribution < -0.4 is 5.32 Å². The van der Waals surface area contributed by atoms with Crippen LogP contribution in [0.15, 0.2) is 29.3 Å². The average molecular weight is 608 g/mol. The highest BCUT2D eigenvalue weighted by Crippen LogP contribution is 2.51. The summed E-state index contributed by atoms with van der Waals surface area (Å²) < 4.78 is 5.32. The molecule has 1 N–H and O–H groups in total. The molecule has 0 saturated heterocycles. The van der Waals surface area contributed by atoms with Crippen molar-refractivity contribution in [3.8, 4) is 0 Å². The van der Waals surface area contributed by atoms with Crippen molar-refractivity contribution in [2.75, 3.05) is 6.54 Å². The number of esters is 1. The van der Waals surface area contributed by atoms with Gasteiger partial charge in [-0.05, 0) is 100 Å². The van der Waals surface area contributed by atoms with Crippen LogP contribution in [0, 0.1) is 22.7 Å². The normalized spacial score (nSPS) is 23.5. The number of hydrogen-bond acceptors (Lipinski definition) is 5. The molecule has 0 aromatic heterocycles. The van der Waals surface area contributed by atoms with Crippen molar-refractivity contribution in [3.63, 3.8) is 0 Å². The molecular formula is C37H57N3O4. The molecule has 1 heterocycles. The van der Waals surface area contributed by atoms with Crippen LogP contribution in [0.3, 0.4) is 0 Å². The van der Waals surface area contributed by atoms with Crippen LogP contribution in [-0.2, 0) is 25.5 Å². The Kier molecular flexibility index (Phi) is 10.1. The van der Waals surface area contributed by atoms with E-state index in [9.17, 15) is 14.4 Å². The van der Waals surface area contributed by atoms with Crippen LogP contribution in [0.5, 0.6) is 0 Å². The summed E-state index contributed by atoms with van der Waals surface area (Å²) in [5.41, 5.74) is 2.23. The van der Waals surface area contributed by atoms with E-state index in [0.717, 1.165) is 68.2 Å². The second-order valence-corrected chi connectivity index (χ2v) is 16.8. The third-order valence-electron chi connectivity index (χ3n) is 9.47. The van der Waals surface area contributed by atoms with Crippen molar-refractivity contribution in [1.82, 2.24) is 10.2 Å². The minimum Gasteiger partial charge on any atom is -0.460 e. The number of rotatable bonds is 10. The number of nitrogens with zero attached hydrogens (tertiary/aromatic N) is 2. The van der Waals surface area contributed by atoms with E-state index in [0.29, 0.717) is 11.8 Å². The van der Waals surface area contributed by atoms with Crippen LogP contribution in [0.4, 0.5) is 0 Å². The average Bonchev–Trinajstić information content (AvgIpc) is 3.70. The van der Waals surface area contributed by atoms with Gasteiger partial charge in [-0.2, -0.15) is 0 Å². The van der Waals surface area contributed by atoms with Crippen molar-refractivity contribution in [1.29, 1.82) is 0 Å². The zero-order valence-corrected chi connectivity index (χ0v) is 28.8. The number of carbonyl (C=O) groups is 3. The summed E-state index contributed by atoms with van der Waals surface area (Å²) in [5.74, 6) is 0.654. The zero-order chi connectivity index (χ0) is 32.5. The molecule has 3 aliphatic rings. The Morgan fingerprint density at radius 3 is 2.11 bits per heavy atom. The molecule has 0 bridgehead atoms. The van der Waals surface area contributed by atoms with Gasteiger partial charge in [0.1, 0.15) is 17.0 Å². The van der Waals surface area contributed by atoms with Crippen molar-refractivity contribution in [2.24, 2.45) is 27.7 Å². The molecule has 0 radical (unpaired) electrons. The molecule has 0 unspecified atom stereocenters. The van der Waals surface area contributed by atoms with Gasteiger partial charge in [0, 0.05) is 12.5 Å². The standard InChI is InChI=1S/C37H57N3O4/c1-34(2,3)20-18-29(26-12-10-25(11-13-26)24-30(41)38-23-19-31(42)44-36(7,8)9)40-33(43)32(27-14-15-27)39-37(40)21-16-28(17-22-37)35(4,5)6/h10-13,27-29H,14-24H2,1-9H3,(H,38,41)/t28?,29-,37?/m1/s1. The van der Waals surface area contributed by atoms with Gasteiger partial charge in [-0.3, -0.25) is 19.4 Å². The number of carbonyl (C=O) groups excluding carboxylic acids is 3. The van der Waals surface area contributed by atoms with Crippen LogP contribution in [0.2, 0.25) is 0 Å². The van der Waals surface area contributed by atoms with Crippen molar-refractivity contribution < 1.29 is 19.1 Å². The lowest BCUT2D eigenvalue weighted by molar-refractivity contribution is -0.154. The van der Waals surface area contributed by atoms with Gasteiger partial charge >= 0.3 is 5.97 Å². The van der Waals surface area contributed by atoms with Gasteiger partial charge in [0.05, 0.1) is 18.9 Å². The first-order chi connectivity index (χ1) is 20.4. The van der Waals surface area contributed by atoms with Gasteiger partial charge in [0.25, 0.3) is 5.91 Å². The lowest BCUT2D eigenvalue weighted by atomic mass is 9.69. The van der Waals surface area contributed by atoms with Gasteiger partial charge < -0.3 is 15.0 Å². The summed E-state index contributed by atoms with van der Waals surface area (Å²) in [6, 6.07) is 8.17. The predicted octanol–water partition coefficient (Wildman–Crippen LogP) is 7.57. The highest BCUT2D eigenvalue weighted by Gasteiger charge is 2.54. The molecule has 2 amide bonds. The van der Waals surface area contributed by atoms with Crippen molar-refractivity contribution in [2.45, 2.75) is 144 Å². The number of aliphatic imine (C=N–C) groups is 1. The molecule has 1 aliphatic heterocycles. The van der Waals surface area contributed by atoms with E-state index in [1.54, 1.807) is 0 Å². The lowest BCUT2D eigenvalue weighted by Crippen LogP contribution is -2.51. The molecule has 7 heteroatoms. The first-order valence-corrected chi connectivity index (χ1v) is 16.9. The highest BCUT2D eigenvalue weighted by atomic mass is 16.6. The fourth-order valence-corrected chi connectivity index (χ4v) is 6.81. The zero-order valence-electron chi connectivity index (χ0n) is 28.8. The Labute approximate surface area is 266 Å². The fraction of sp³-hybridized carbons (Fsp3) is 0.730. The first-order valence-electron chi connectivity index (χ1n) is 16.9. The van der Waals surface area contributed by atoms with E-state index in [1.165, 1.54) is 0 Å². The summed E-state index contributed by atoms with van der Waals surface area (Å²) >= 11 is 0. The lowest BCUT2D eigenvalue weighted by Gasteiger charge is -2.48. The van der Waals surface area contributed by atoms with E-state index >= 15 is 0 Å². The maximum atomic E-state index is 14.2. The Balaban J connectivity index is 1.51. The predicted molar refractivity (Wildman–Crippen MR) is 176 cm³/mol. The molecule has 2 aliphatic carbocycles. The molecule has 1 spiro atoms. The van der Waals surface area contributed by atoms with Crippen LogP contribution in [-0.4, -0.2) is 46.2 Å². The minimum absolute atomic E-state index is 0.0652. The fourth-order valence-electron chi connectivity index (χ4n) is 6.81. The van der Waals surface area contributed by atoms with Crippen molar-refractivity contribution >= 4 is 23.5 Å². The van der Waals surface area contributed by atoms with E-state index < -0.39 is 11.3 Å². The van der Waals surface area contributed by atoms with Gasteiger partial charge in [-0.15, -0.1) is 0 Å². The molecule has 2 fully saturated rings. The van der Waals surface area contributed by atoms with E-state index in [4.69, 9.17) is 9.73 Å². The molecular weight excluding hydrogens is 550 g/mol. The molecule has 244 valence electrons. The Hall–Kier alpha value is -2.70. The van der Waals surface area contributed by atoms with E-state index in [2.05, 4.69) is 63.9 Å². The summed E-state index contributed by atoms with van der Waals surface area (Å²) in [7, 11) is 0. The first kappa shape index (κ1) is 34.2. The SMILES string of the molecule is CC(C)(C)CC[C@H](c1ccc(CC(=O)NCCC(=O)OC(C)(C)C)cc1)N1C(=O)C(C2CC2)=NC12CCC(C(C)(C)C)CC2. The monoisotopic (exact) mass is 607 g/mol. The quantitative estimate of drug-likeness (QED) is 0.278. The minimum atomic E-state index is -0.537. The molecule has 4 rings (SSSR count). The molecule has 2 saturated carbocycles. The second-order valence-electron chi connectivity index (χ2n) is 16.8. The number of benzene rings is 1. The molecule has 44 heavy (non-hydrogen) atoms. The number of nitrogens with one attached hydrogen (secondary N) is 1. The summed E-state index contributed by atoms with van der Waals surface area (Å²) in [6.45, 7) is 19.5. The number of amides is 2. The van der Waals surface area contributed by atoms with Gasteiger partial charge in [0.15, 0.2) is 0 Å². The maximum Gasteiger partial charge on any atom is 0.308 e. The molecule has 1 atom stereocenters. The summed E-state index contributed by atoms with van der Waals surface area (Å²) in [4.78, 5) is 46.4. The Morgan fingerprint density at radius 2 is 1.59 bits per heavy atom. The summed E-state index contributed by atoms with van der Waals surface area (Å²) in [5, 5.41) is 2.84. The number of ether oxygens (including phenoxy) is 1. The highest BCUT2D eigenvalue weighted by molar-refractivity contribution is 6.41. The Morgan fingerprint density at radius 1 is 0.977 bits per heavy atom. The van der Waals surface area contributed by atoms with Gasteiger partial charge in [0.2, 0.25) is 5.91 Å². The van der Waals surface area contributed by atoms with E-state index in [1.807, 2.05) is 32.9 Å². The topological polar surface area (TPSA) is 88.1 Å². The van der Waals surface area contributed by atoms with Crippen molar-refractivity contribution in [3.05, 3.63) is 35.4 Å². The smallest absolute Gasteiger partial charge is 0.308 e. The maximum absolute atomic E-state index is 14.2. The van der Waals surface area contributed by atoms with Gasteiger partial charge in [-0.1, -0.05) is 65.8 Å². The largest absolute Gasteiger partial charge is 0.460 e. The Bertz CT molecular complexity index is 1220. The summed E-state index contributed by atoms with van der Waals surface area (Å²) in [6.07, 6.45) is 8.39. The van der Waals surface area contributed by atoms with Gasteiger partial charge in [-0.25, -0.2) is 0 Å². The third-order valence-corrected chi connectivity index (χ3v) is 9.47. The second kappa shape index (κ2) is 13.0. The van der Waals surface area contributed by atoms with E-state index in [-0.39, 0.29) is 54.0 Å². The number of hydrogen-bond donors (Lipinski definition) is 1. The molecule has 1 aromatic carbocycles.